The molecule has 0 aromatic heterocycles. The maximum absolute atomic E-state index is 13.0. The summed E-state index contributed by atoms with van der Waals surface area (Å²) in [7, 11) is 0. The first-order valence-electron chi connectivity index (χ1n) is 20.2. The van der Waals surface area contributed by atoms with Crippen LogP contribution in [0.2, 0.25) is 0 Å². The van der Waals surface area contributed by atoms with Gasteiger partial charge in [-0.2, -0.15) is 0 Å². The summed E-state index contributed by atoms with van der Waals surface area (Å²) >= 11 is 0. The summed E-state index contributed by atoms with van der Waals surface area (Å²) in [5.41, 5.74) is -0.239. The lowest BCUT2D eigenvalue weighted by Crippen LogP contribution is -2.67. The fraction of sp³-hybridized carbons (Fsp3) is 0.927. The van der Waals surface area contributed by atoms with Crippen LogP contribution in [0.1, 0.15) is 113 Å². The smallest absolute Gasteiger partial charge is 0.310 e. The van der Waals surface area contributed by atoms with Crippen molar-refractivity contribution in [1.29, 1.82) is 0 Å². The number of carbonyl (C=O) groups is 1. The third-order valence-electron chi connectivity index (χ3n) is 17.0. The predicted octanol–water partition coefficient (Wildman–Crippen LogP) is 3.52. The minimum atomic E-state index is -1.62. The van der Waals surface area contributed by atoms with Gasteiger partial charge in [0.05, 0.1) is 30.8 Å². The summed E-state index contributed by atoms with van der Waals surface area (Å²) in [5.74, 6) is -0.194. The number of allylic oxidation sites excluding steroid dienone is 2. The van der Waals surface area contributed by atoms with E-state index < -0.39 is 78.2 Å². The van der Waals surface area contributed by atoms with Gasteiger partial charge in [-0.3, -0.25) is 4.79 Å². The minimum absolute atomic E-state index is 0.0360. The van der Waals surface area contributed by atoms with E-state index >= 15 is 0 Å². The van der Waals surface area contributed by atoms with Crippen molar-refractivity contribution in [2.75, 3.05) is 13.2 Å². The average Bonchev–Trinajstić information content (AvgIpc) is 3.10. The monoisotopic (exact) mass is 750 g/mol. The highest BCUT2D eigenvalue weighted by molar-refractivity contribution is 5.76. The molecular weight excluding hydrogens is 684 g/mol. The van der Waals surface area contributed by atoms with Crippen LogP contribution in [0.3, 0.4) is 0 Å². The van der Waals surface area contributed by atoms with Crippen LogP contribution in [0.15, 0.2) is 11.6 Å². The van der Waals surface area contributed by atoms with E-state index in [1.807, 2.05) is 0 Å². The topological polar surface area (TPSA) is 196 Å². The van der Waals surface area contributed by atoms with Crippen LogP contribution in [0.5, 0.6) is 0 Å². The van der Waals surface area contributed by atoms with Crippen LogP contribution in [0.25, 0.3) is 0 Å². The van der Waals surface area contributed by atoms with Crippen molar-refractivity contribution in [2.24, 2.45) is 50.2 Å². The number of hydrogen-bond donors (Lipinski definition) is 7. The molecule has 0 aromatic rings. The summed E-state index contributed by atoms with van der Waals surface area (Å²) in [4.78, 5) is 13.0. The Kier molecular flexibility index (Phi) is 10.2. The molecule has 2 saturated heterocycles. The van der Waals surface area contributed by atoms with E-state index in [0.717, 1.165) is 51.4 Å². The number of aliphatic hydroxyl groups is 6. The Morgan fingerprint density at radius 2 is 1.53 bits per heavy atom. The second-order valence-electron chi connectivity index (χ2n) is 20.0. The van der Waals surface area contributed by atoms with Gasteiger partial charge in [0.2, 0.25) is 0 Å². The molecule has 5 aliphatic carbocycles. The molecule has 2 aliphatic heterocycles. The van der Waals surface area contributed by atoms with E-state index in [0.29, 0.717) is 18.8 Å². The fourth-order valence-corrected chi connectivity index (χ4v) is 13.3. The molecule has 18 atom stereocenters. The van der Waals surface area contributed by atoms with E-state index in [-0.39, 0.29) is 46.7 Å². The normalized spacial score (nSPS) is 55.1. The van der Waals surface area contributed by atoms with Gasteiger partial charge in [0.15, 0.2) is 12.6 Å². The molecule has 0 amide bonds. The standard InChI is InChI=1S/C41H66O12/c1-21-28(44)30(46)31(47)33(51-21)53-32-29(45)24(43)19-50-34(32)52-27-11-12-37(4)25(38(27,5)20-42)10-13-40(7)26(37)9-8-22-23-18-36(2,3)14-16-41(23,35(48)49)17-15-39(22,40)6/h8,21,23-34,42-47H,9-20H2,1-7H3,(H,48,49)/t21-,23+,24-,25-,26+,27-,28-,29-,30+,31+,32+,33+,34+,37-,38-,39+,40+,41-/m0/s1. The quantitative estimate of drug-likeness (QED) is 0.155. The SMILES string of the molecule is C[C@@H]1O[C@H](O[C@H]2[C@@H](O[C@H]3CC[C@@]4(C)[C@H](CC[C@]5(C)[C@@H]4CC=C4[C@H]6CC(C)(C)CC[C@]6(C(=O)O)CC[C@]45C)[C@]3(C)CO)OC[C@H](O)[C@@H]2O)[C@H](O)[C@H](O)[C@H]1O. The molecule has 0 unspecified atom stereocenters. The molecule has 302 valence electrons. The van der Waals surface area contributed by atoms with Crippen LogP contribution in [0.4, 0.5) is 0 Å². The van der Waals surface area contributed by atoms with Gasteiger partial charge in [0.1, 0.15) is 36.6 Å². The number of rotatable bonds is 6. The molecule has 2 heterocycles. The van der Waals surface area contributed by atoms with E-state index in [4.69, 9.17) is 18.9 Å². The summed E-state index contributed by atoms with van der Waals surface area (Å²) in [6, 6.07) is 0. The van der Waals surface area contributed by atoms with E-state index in [1.54, 1.807) is 0 Å². The lowest BCUT2D eigenvalue weighted by Gasteiger charge is -2.71. The summed E-state index contributed by atoms with van der Waals surface area (Å²) in [6.45, 7) is 15.1. The number of hydrogen-bond acceptors (Lipinski definition) is 11. The molecule has 7 rings (SSSR count). The molecule has 4 saturated carbocycles. The predicted molar refractivity (Wildman–Crippen MR) is 192 cm³/mol. The Bertz CT molecular complexity index is 1440. The van der Waals surface area contributed by atoms with Gasteiger partial charge < -0.3 is 54.7 Å². The molecule has 0 spiro atoms. The molecule has 0 radical (unpaired) electrons. The maximum atomic E-state index is 13.0. The van der Waals surface area contributed by atoms with Gasteiger partial charge >= 0.3 is 5.97 Å². The van der Waals surface area contributed by atoms with Crippen molar-refractivity contribution in [3.63, 3.8) is 0 Å². The summed E-state index contributed by atoms with van der Waals surface area (Å²) in [6.07, 6.45) is -1.79. The summed E-state index contributed by atoms with van der Waals surface area (Å²) in [5, 5.41) is 74.9. The minimum Gasteiger partial charge on any atom is -0.481 e. The van der Waals surface area contributed by atoms with Crippen LogP contribution >= 0.6 is 0 Å². The zero-order valence-corrected chi connectivity index (χ0v) is 32.7. The first kappa shape index (κ1) is 40.0. The van der Waals surface area contributed by atoms with Crippen molar-refractivity contribution in [2.45, 2.75) is 174 Å². The number of aliphatic carboxylic acids is 1. The van der Waals surface area contributed by atoms with Crippen LogP contribution < -0.4 is 0 Å². The van der Waals surface area contributed by atoms with Crippen molar-refractivity contribution >= 4 is 5.97 Å². The second kappa shape index (κ2) is 13.5. The molecule has 12 heteroatoms. The first-order chi connectivity index (χ1) is 24.7. The Morgan fingerprint density at radius 1 is 0.830 bits per heavy atom. The van der Waals surface area contributed by atoms with Crippen molar-refractivity contribution < 1.29 is 59.5 Å². The van der Waals surface area contributed by atoms with Gasteiger partial charge in [0.25, 0.3) is 0 Å². The van der Waals surface area contributed by atoms with Crippen molar-refractivity contribution in [3.05, 3.63) is 11.6 Å². The number of aliphatic hydroxyl groups excluding tert-OH is 6. The van der Waals surface area contributed by atoms with Crippen LogP contribution in [-0.2, 0) is 23.7 Å². The highest BCUT2D eigenvalue weighted by Gasteiger charge is 2.70. The molecule has 53 heavy (non-hydrogen) atoms. The zero-order valence-electron chi connectivity index (χ0n) is 32.7. The Labute approximate surface area is 314 Å². The summed E-state index contributed by atoms with van der Waals surface area (Å²) < 4.78 is 24.3. The van der Waals surface area contributed by atoms with Crippen LogP contribution in [-0.4, -0.2) is 116 Å². The highest BCUT2D eigenvalue weighted by Crippen LogP contribution is 2.76. The molecule has 0 aromatic carbocycles. The van der Waals surface area contributed by atoms with Gasteiger partial charge in [-0.15, -0.1) is 0 Å². The van der Waals surface area contributed by atoms with E-state index in [9.17, 15) is 40.5 Å². The third kappa shape index (κ3) is 5.85. The fourth-order valence-electron chi connectivity index (χ4n) is 13.3. The Hall–Kier alpha value is -1.19. The molecule has 12 nitrogen and oxygen atoms in total. The number of fused-ring (bicyclic) bond motifs is 7. The zero-order chi connectivity index (χ0) is 38.7. The highest BCUT2D eigenvalue weighted by atomic mass is 16.8. The average molecular weight is 751 g/mol. The van der Waals surface area contributed by atoms with Crippen LogP contribution in [0, 0.1) is 50.2 Å². The van der Waals surface area contributed by atoms with Gasteiger partial charge in [0, 0.05) is 5.41 Å². The lowest BCUT2D eigenvalue weighted by molar-refractivity contribution is -0.365. The molecule has 7 N–H and O–H groups in total. The number of ether oxygens (including phenoxy) is 4. The molecule has 0 bridgehead atoms. The Balaban J connectivity index is 1.15. The van der Waals surface area contributed by atoms with Crippen molar-refractivity contribution in [1.82, 2.24) is 0 Å². The van der Waals surface area contributed by atoms with E-state index in [1.165, 1.54) is 12.5 Å². The lowest BCUT2D eigenvalue weighted by atomic mass is 9.33. The third-order valence-corrected chi connectivity index (χ3v) is 17.0. The van der Waals surface area contributed by atoms with E-state index in [2.05, 4.69) is 47.6 Å². The second-order valence-corrected chi connectivity index (χ2v) is 20.0. The largest absolute Gasteiger partial charge is 0.481 e. The van der Waals surface area contributed by atoms with Gasteiger partial charge in [-0.1, -0.05) is 53.2 Å². The first-order valence-corrected chi connectivity index (χ1v) is 20.2. The van der Waals surface area contributed by atoms with Gasteiger partial charge in [-0.05, 0) is 111 Å². The maximum Gasteiger partial charge on any atom is 0.310 e. The number of carboxylic acid groups (broad SMARTS) is 1. The molecular formula is C41H66O12. The number of carboxylic acids is 1. The van der Waals surface area contributed by atoms with Gasteiger partial charge in [-0.25, -0.2) is 0 Å². The molecule has 6 fully saturated rings. The Morgan fingerprint density at radius 3 is 2.21 bits per heavy atom. The van der Waals surface area contributed by atoms with Crippen molar-refractivity contribution in [3.8, 4) is 0 Å². The molecule has 7 aliphatic rings.